The molecule has 0 aliphatic carbocycles. The van der Waals surface area contributed by atoms with Crippen LogP contribution in [-0.2, 0) is 4.74 Å². The Morgan fingerprint density at radius 3 is 2.70 bits per heavy atom. The van der Waals surface area contributed by atoms with Crippen LogP contribution in [0.3, 0.4) is 0 Å². The van der Waals surface area contributed by atoms with Crippen LogP contribution in [-0.4, -0.2) is 35.6 Å². The van der Waals surface area contributed by atoms with Crippen molar-refractivity contribution in [2.24, 2.45) is 0 Å². The van der Waals surface area contributed by atoms with Gasteiger partial charge in [0.2, 0.25) is 0 Å². The third-order valence-electron chi connectivity index (χ3n) is 3.15. The number of nitrogens with zero attached hydrogens (tertiary/aromatic N) is 1. The van der Waals surface area contributed by atoms with Crippen LogP contribution in [0.2, 0.25) is 0 Å². The molecule has 20 heavy (non-hydrogen) atoms. The quantitative estimate of drug-likeness (QED) is 0.804. The van der Waals surface area contributed by atoms with Crippen molar-refractivity contribution >= 4 is 11.6 Å². The van der Waals surface area contributed by atoms with Crippen molar-refractivity contribution in [1.29, 1.82) is 0 Å². The Kier molecular flexibility index (Phi) is 3.69. The van der Waals surface area contributed by atoms with Crippen molar-refractivity contribution in [3.8, 4) is 0 Å². The number of rotatable bonds is 1. The summed E-state index contributed by atoms with van der Waals surface area (Å²) in [6, 6.07) is 1.74. The predicted octanol–water partition coefficient (Wildman–Crippen LogP) is 2.19. The molecule has 2 rings (SSSR count). The van der Waals surface area contributed by atoms with Gasteiger partial charge in [-0.25, -0.2) is 8.78 Å². The third kappa shape index (κ3) is 2.90. The highest BCUT2D eigenvalue weighted by molar-refractivity contribution is 5.95. The van der Waals surface area contributed by atoms with Crippen LogP contribution in [0.25, 0.3) is 0 Å². The maximum Gasteiger partial charge on any atom is 0.257 e. The van der Waals surface area contributed by atoms with E-state index in [-0.39, 0.29) is 17.4 Å². The molecule has 2 N–H and O–H groups in total. The number of nitrogens with two attached hydrogens (primary N) is 1. The van der Waals surface area contributed by atoms with E-state index in [0.29, 0.717) is 13.1 Å². The Morgan fingerprint density at radius 1 is 1.45 bits per heavy atom. The van der Waals surface area contributed by atoms with Crippen LogP contribution < -0.4 is 5.73 Å². The van der Waals surface area contributed by atoms with Crippen molar-refractivity contribution in [1.82, 2.24) is 4.90 Å². The highest BCUT2D eigenvalue weighted by atomic mass is 19.1. The summed E-state index contributed by atoms with van der Waals surface area (Å²) in [7, 11) is 0. The molecule has 1 aliphatic heterocycles. The number of nitrogen functional groups attached to an aromatic ring is 1. The fourth-order valence-electron chi connectivity index (χ4n) is 2.54. The number of hydrogen-bond donors (Lipinski definition) is 1. The van der Waals surface area contributed by atoms with E-state index >= 15 is 0 Å². The van der Waals surface area contributed by atoms with Crippen LogP contribution in [0.5, 0.6) is 0 Å². The summed E-state index contributed by atoms with van der Waals surface area (Å²) in [5.74, 6) is -2.18. The maximum atomic E-state index is 13.9. The van der Waals surface area contributed by atoms with Gasteiger partial charge in [0.1, 0.15) is 5.82 Å². The molecule has 1 atom stereocenters. The summed E-state index contributed by atoms with van der Waals surface area (Å²) in [4.78, 5) is 13.8. The molecule has 1 unspecified atom stereocenters. The standard InChI is InChI=1S/C14H18F2N2O2/c1-8-6-18(7-14(2,3)20-8)13(19)10-4-9(15)5-11(17)12(10)16/h4-5,8H,6-7,17H2,1-3H3. The minimum absolute atomic E-state index is 0.170. The van der Waals surface area contributed by atoms with Gasteiger partial charge in [0, 0.05) is 13.1 Å². The van der Waals surface area contributed by atoms with E-state index in [1.54, 1.807) is 0 Å². The predicted molar refractivity (Wildman–Crippen MR) is 71.3 cm³/mol. The smallest absolute Gasteiger partial charge is 0.257 e. The zero-order valence-corrected chi connectivity index (χ0v) is 11.7. The number of anilines is 1. The second-order valence-electron chi connectivity index (χ2n) is 5.73. The highest BCUT2D eigenvalue weighted by Crippen LogP contribution is 2.24. The lowest BCUT2D eigenvalue weighted by molar-refractivity contribution is -0.118. The van der Waals surface area contributed by atoms with Crippen molar-refractivity contribution in [3.63, 3.8) is 0 Å². The Labute approximate surface area is 116 Å². The van der Waals surface area contributed by atoms with Gasteiger partial charge in [-0.2, -0.15) is 0 Å². The molecule has 1 amide bonds. The average Bonchev–Trinajstić information content (AvgIpc) is 2.30. The van der Waals surface area contributed by atoms with Gasteiger partial charge in [0.05, 0.1) is 23.0 Å². The van der Waals surface area contributed by atoms with Crippen molar-refractivity contribution in [2.45, 2.75) is 32.5 Å². The minimum Gasteiger partial charge on any atom is -0.396 e. The van der Waals surface area contributed by atoms with Gasteiger partial charge >= 0.3 is 0 Å². The normalized spacial score (nSPS) is 21.9. The molecule has 4 nitrogen and oxygen atoms in total. The van der Waals surface area contributed by atoms with Gasteiger partial charge in [-0.05, 0) is 32.9 Å². The molecule has 110 valence electrons. The summed E-state index contributed by atoms with van der Waals surface area (Å²) >= 11 is 0. The molecule has 1 aliphatic rings. The first-order valence-electron chi connectivity index (χ1n) is 6.41. The third-order valence-corrected chi connectivity index (χ3v) is 3.15. The van der Waals surface area contributed by atoms with Crippen molar-refractivity contribution in [2.75, 3.05) is 18.8 Å². The second kappa shape index (κ2) is 5.01. The molecule has 1 aromatic carbocycles. The Balaban J connectivity index is 2.32. The molecule has 0 saturated carbocycles. The molecule has 0 bridgehead atoms. The van der Waals surface area contributed by atoms with Crippen molar-refractivity contribution in [3.05, 3.63) is 29.3 Å². The lowest BCUT2D eigenvalue weighted by Gasteiger charge is -2.41. The molecule has 0 radical (unpaired) electrons. The average molecular weight is 284 g/mol. The number of amides is 1. The molecule has 0 spiro atoms. The summed E-state index contributed by atoms with van der Waals surface area (Å²) in [5, 5.41) is 0. The van der Waals surface area contributed by atoms with Gasteiger partial charge in [-0.1, -0.05) is 0 Å². The Bertz CT molecular complexity index is 546. The van der Waals surface area contributed by atoms with E-state index in [9.17, 15) is 13.6 Å². The minimum atomic E-state index is -0.881. The van der Waals surface area contributed by atoms with E-state index < -0.39 is 23.1 Å². The van der Waals surface area contributed by atoms with Crippen LogP contribution >= 0.6 is 0 Å². The molecule has 6 heteroatoms. The first-order chi connectivity index (χ1) is 9.19. The van der Waals surface area contributed by atoms with E-state index in [1.807, 2.05) is 20.8 Å². The summed E-state index contributed by atoms with van der Waals surface area (Å²) < 4.78 is 32.9. The van der Waals surface area contributed by atoms with Crippen LogP contribution in [0, 0.1) is 11.6 Å². The lowest BCUT2D eigenvalue weighted by atomic mass is 10.0. The number of halogens is 2. The number of morpholine rings is 1. The molecule has 1 saturated heterocycles. The number of ether oxygens (including phenoxy) is 1. The number of benzene rings is 1. The van der Waals surface area contributed by atoms with Gasteiger partial charge in [0.15, 0.2) is 5.82 Å². The maximum absolute atomic E-state index is 13.9. The fourth-order valence-corrected chi connectivity index (χ4v) is 2.54. The van der Waals surface area contributed by atoms with Crippen LogP contribution in [0.1, 0.15) is 31.1 Å². The van der Waals surface area contributed by atoms with E-state index in [0.717, 1.165) is 12.1 Å². The van der Waals surface area contributed by atoms with Crippen LogP contribution in [0.4, 0.5) is 14.5 Å². The van der Waals surface area contributed by atoms with Gasteiger partial charge in [-0.3, -0.25) is 4.79 Å². The topological polar surface area (TPSA) is 55.6 Å². The van der Waals surface area contributed by atoms with E-state index in [4.69, 9.17) is 10.5 Å². The molecule has 0 aromatic heterocycles. The van der Waals surface area contributed by atoms with Gasteiger partial charge in [0.25, 0.3) is 5.91 Å². The molecular formula is C14H18F2N2O2. The molecule has 1 fully saturated rings. The van der Waals surface area contributed by atoms with Gasteiger partial charge < -0.3 is 15.4 Å². The zero-order valence-electron chi connectivity index (χ0n) is 11.7. The first-order valence-corrected chi connectivity index (χ1v) is 6.41. The fraction of sp³-hybridized carbons (Fsp3) is 0.500. The summed E-state index contributed by atoms with van der Waals surface area (Å²) in [5.41, 5.74) is 4.13. The lowest BCUT2D eigenvalue weighted by Crippen LogP contribution is -2.53. The monoisotopic (exact) mass is 284 g/mol. The SMILES string of the molecule is CC1CN(C(=O)c2cc(F)cc(N)c2F)CC(C)(C)O1. The Hall–Kier alpha value is -1.69. The van der Waals surface area contributed by atoms with Crippen molar-refractivity contribution < 1.29 is 18.3 Å². The number of hydrogen-bond acceptors (Lipinski definition) is 3. The zero-order chi connectivity index (χ0) is 15.1. The summed E-state index contributed by atoms with van der Waals surface area (Å²) in [6.45, 7) is 6.17. The number of carbonyl (C=O) groups is 1. The molecule has 1 heterocycles. The first kappa shape index (κ1) is 14.7. The van der Waals surface area contributed by atoms with Crippen LogP contribution in [0.15, 0.2) is 12.1 Å². The van der Waals surface area contributed by atoms with E-state index in [1.165, 1.54) is 4.90 Å². The Morgan fingerprint density at radius 2 is 2.10 bits per heavy atom. The largest absolute Gasteiger partial charge is 0.396 e. The number of carbonyl (C=O) groups excluding carboxylic acids is 1. The second-order valence-corrected chi connectivity index (χ2v) is 5.73. The molecular weight excluding hydrogens is 266 g/mol. The highest BCUT2D eigenvalue weighted by Gasteiger charge is 2.35. The van der Waals surface area contributed by atoms with E-state index in [2.05, 4.69) is 0 Å². The molecule has 1 aromatic rings. The summed E-state index contributed by atoms with van der Waals surface area (Å²) in [6.07, 6.45) is -0.170. The van der Waals surface area contributed by atoms with Gasteiger partial charge in [-0.15, -0.1) is 0 Å².